The van der Waals surface area contributed by atoms with Gasteiger partial charge in [-0.25, -0.2) is 0 Å². The first-order valence-corrected chi connectivity index (χ1v) is 2.38. The van der Waals surface area contributed by atoms with E-state index in [1.54, 1.807) is 0 Å². The van der Waals surface area contributed by atoms with Gasteiger partial charge >= 0.3 is 0 Å². The quantitative estimate of drug-likeness (QED) is 0.225. The first-order valence-electron chi connectivity index (χ1n) is 1.40. The SMILES string of the molecule is C#C.NC=S.O=CS. The molecule has 0 amide bonds. The van der Waals surface area contributed by atoms with Gasteiger partial charge in [-0.3, -0.25) is 4.79 Å². The number of nitrogens with two attached hydrogens (primary N) is 1. The van der Waals surface area contributed by atoms with Crippen molar-refractivity contribution in [1.82, 2.24) is 0 Å². The van der Waals surface area contributed by atoms with E-state index in [0.717, 1.165) is 5.49 Å². The third kappa shape index (κ3) is 389. The highest BCUT2D eigenvalue weighted by Crippen LogP contribution is 1.39. The molecular weight excluding hydrogens is 142 g/mol. The lowest BCUT2D eigenvalue weighted by atomic mass is 11.4. The molecule has 0 aromatic carbocycles. The van der Waals surface area contributed by atoms with Crippen LogP contribution in [0.1, 0.15) is 0 Å². The van der Waals surface area contributed by atoms with Crippen molar-refractivity contribution in [3.05, 3.63) is 0 Å². The Hall–Kier alpha value is -0.530. The molecule has 0 unspecified atom stereocenters. The van der Waals surface area contributed by atoms with Crippen molar-refractivity contribution in [1.29, 1.82) is 0 Å². The number of hydrogen-bond acceptors (Lipinski definition) is 2. The zero-order valence-corrected chi connectivity index (χ0v) is 5.86. The number of carbonyl (C=O) groups excluding carboxylic acids is 1. The first-order chi connectivity index (χ1) is 3.83. The van der Waals surface area contributed by atoms with Crippen molar-refractivity contribution in [2.75, 3.05) is 0 Å². The van der Waals surface area contributed by atoms with Crippen LogP contribution >= 0.6 is 24.8 Å². The molecule has 0 radical (unpaired) electrons. The van der Waals surface area contributed by atoms with Gasteiger partial charge in [0.1, 0.15) is 0 Å². The molecule has 4 heteroatoms. The molecular formula is C4H7NOS2. The Kier molecular flexibility index (Phi) is 175. The average Bonchev–Trinajstić information content (AvgIpc) is 1.75. The maximum absolute atomic E-state index is 8.67. The Bertz CT molecular complexity index is 56.3. The van der Waals surface area contributed by atoms with E-state index >= 15 is 0 Å². The van der Waals surface area contributed by atoms with Gasteiger partial charge in [0.15, 0.2) is 5.62 Å². The van der Waals surface area contributed by atoms with Gasteiger partial charge in [0.2, 0.25) is 0 Å². The summed E-state index contributed by atoms with van der Waals surface area (Å²) in [5.74, 6) is 0. The van der Waals surface area contributed by atoms with Crippen molar-refractivity contribution in [2.24, 2.45) is 5.73 Å². The lowest BCUT2D eigenvalue weighted by Crippen LogP contribution is -1.79. The summed E-state index contributed by atoms with van der Waals surface area (Å²) in [7, 11) is 0. The van der Waals surface area contributed by atoms with Crippen LogP contribution in [0.4, 0.5) is 0 Å². The van der Waals surface area contributed by atoms with Crippen LogP contribution < -0.4 is 5.73 Å². The summed E-state index contributed by atoms with van der Waals surface area (Å²) in [6, 6.07) is 0. The summed E-state index contributed by atoms with van der Waals surface area (Å²) in [5, 5.41) is 0. The standard InChI is InChI=1S/C2H2.CH3NS.CH2OS/c1-2;2*2-1-3/h1-2H;1H,(H2,2,3);1H,(H,2,3). The second kappa shape index (κ2) is 89.6. The summed E-state index contributed by atoms with van der Waals surface area (Å²) in [4.78, 5) is 8.67. The highest BCUT2D eigenvalue weighted by molar-refractivity contribution is 7.94. The monoisotopic (exact) mass is 149 g/mol. The van der Waals surface area contributed by atoms with E-state index in [9.17, 15) is 0 Å². The smallest absolute Gasteiger partial charge is 0.173 e. The minimum atomic E-state index is 0.444. The van der Waals surface area contributed by atoms with Gasteiger partial charge in [-0.1, -0.05) is 12.2 Å². The third-order valence-corrected chi connectivity index (χ3v) is 0. The summed E-state index contributed by atoms with van der Waals surface area (Å²) in [6.45, 7) is 0. The van der Waals surface area contributed by atoms with Crippen LogP contribution in [-0.4, -0.2) is 11.1 Å². The summed E-state index contributed by atoms with van der Waals surface area (Å²) in [6.07, 6.45) is 8.00. The molecule has 0 rings (SSSR count). The van der Waals surface area contributed by atoms with E-state index in [-0.39, 0.29) is 0 Å². The van der Waals surface area contributed by atoms with Gasteiger partial charge in [-0.15, -0.1) is 25.5 Å². The minimum absolute atomic E-state index is 0.444. The summed E-state index contributed by atoms with van der Waals surface area (Å²) < 4.78 is 0. The molecule has 0 heterocycles. The number of thiol groups is 1. The number of terminal acetylenes is 1. The molecule has 0 bridgehead atoms. The van der Waals surface area contributed by atoms with Crippen LogP contribution in [0.25, 0.3) is 0 Å². The zero-order valence-electron chi connectivity index (χ0n) is 4.15. The van der Waals surface area contributed by atoms with Gasteiger partial charge in [0.05, 0.1) is 5.49 Å². The van der Waals surface area contributed by atoms with Crippen LogP contribution in [-0.2, 0) is 4.79 Å². The molecule has 46 valence electrons. The van der Waals surface area contributed by atoms with E-state index in [1.165, 1.54) is 0 Å². The van der Waals surface area contributed by atoms with Crippen LogP contribution in [0, 0.1) is 12.8 Å². The molecule has 0 aliphatic carbocycles. The van der Waals surface area contributed by atoms with Crippen molar-refractivity contribution < 1.29 is 4.79 Å². The predicted molar refractivity (Wildman–Crippen MR) is 43.5 cm³/mol. The number of thiocarbonyl (C=S) groups is 1. The minimum Gasteiger partial charge on any atom is -0.396 e. The van der Waals surface area contributed by atoms with Crippen molar-refractivity contribution >= 4 is 36.0 Å². The number of rotatable bonds is 0. The molecule has 0 aromatic heterocycles. The Morgan fingerprint density at radius 1 is 1.62 bits per heavy atom. The van der Waals surface area contributed by atoms with Crippen LogP contribution in [0.5, 0.6) is 0 Å². The number of hydrogen-bond donors (Lipinski definition) is 2. The lowest BCUT2D eigenvalue weighted by Gasteiger charge is -1.36. The normalized spacial score (nSPS) is 3.38. The van der Waals surface area contributed by atoms with Gasteiger partial charge in [0.25, 0.3) is 0 Å². The Morgan fingerprint density at radius 3 is 1.62 bits per heavy atom. The Balaban J connectivity index is -0.0000000483. The fourth-order valence-electron chi connectivity index (χ4n) is 0. The molecule has 8 heavy (non-hydrogen) atoms. The molecule has 0 saturated carbocycles. The van der Waals surface area contributed by atoms with Crippen molar-refractivity contribution in [3.63, 3.8) is 0 Å². The van der Waals surface area contributed by atoms with Gasteiger partial charge < -0.3 is 5.73 Å². The second-order valence-corrected chi connectivity index (χ2v) is 0.724. The average molecular weight is 149 g/mol. The Labute approximate surface area is 59.9 Å². The molecule has 0 spiro atoms. The molecule has 0 fully saturated rings. The number of carbonyl (C=O) groups is 1. The fourth-order valence-corrected chi connectivity index (χ4v) is 0. The molecule has 2 N–H and O–H groups in total. The van der Waals surface area contributed by atoms with Crippen LogP contribution in [0.3, 0.4) is 0 Å². The Morgan fingerprint density at radius 2 is 1.62 bits per heavy atom. The summed E-state index contributed by atoms with van der Waals surface area (Å²) >= 11 is 7.15. The molecule has 0 aliphatic rings. The van der Waals surface area contributed by atoms with E-state index in [1.807, 2.05) is 0 Å². The molecule has 2 nitrogen and oxygen atoms in total. The molecule has 0 saturated heterocycles. The van der Waals surface area contributed by atoms with E-state index < -0.39 is 0 Å². The molecule has 0 aromatic rings. The predicted octanol–water partition coefficient (Wildman–Crippen LogP) is 0.258. The maximum Gasteiger partial charge on any atom is 0.173 e. The fraction of sp³-hybridized carbons (Fsp3) is 0. The topological polar surface area (TPSA) is 43.1 Å². The van der Waals surface area contributed by atoms with Crippen LogP contribution in [0.2, 0.25) is 0 Å². The lowest BCUT2D eigenvalue weighted by molar-refractivity contribution is 0.570. The third-order valence-electron chi connectivity index (χ3n) is 0. The first kappa shape index (κ1) is 15.6. The highest BCUT2D eigenvalue weighted by Gasteiger charge is 1.24. The largest absolute Gasteiger partial charge is 0.396 e. The van der Waals surface area contributed by atoms with E-state index in [4.69, 9.17) is 4.79 Å². The maximum atomic E-state index is 8.67. The van der Waals surface area contributed by atoms with Crippen LogP contribution in [0.15, 0.2) is 0 Å². The van der Waals surface area contributed by atoms with Gasteiger partial charge in [0, 0.05) is 0 Å². The highest BCUT2D eigenvalue weighted by atomic mass is 32.1. The van der Waals surface area contributed by atoms with E-state index in [0.29, 0.717) is 5.62 Å². The van der Waals surface area contributed by atoms with Gasteiger partial charge in [-0.2, -0.15) is 0 Å². The zero-order chi connectivity index (χ0) is 7.41. The second-order valence-electron chi connectivity index (χ2n) is 0.241. The van der Waals surface area contributed by atoms with Crippen molar-refractivity contribution in [2.45, 2.75) is 0 Å². The van der Waals surface area contributed by atoms with Crippen molar-refractivity contribution in [3.8, 4) is 12.8 Å². The molecule has 0 atom stereocenters. The van der Waals surface area contributed by atoms with Gasteiger partial charge in [-0.05, 0) is 0 Å². The summed E-state index contributed by atoms with van der Waals surface area (Å²) in [5.41, 5.74) is 6.06. The van der Waals surface area contributed by atoms with E-state index in [2.05, 4.69) is 43.4 Å². The molecule has 0 aliphatic heterocycles.